The summed E-state index contributed by atoms with van der Waals surface area (Å²) < 4.78 is 14.1. The van der Waals surface area contributed by atoms with Gasteiger partial charge in [0.15, 0.2) is 0 Å². The minimum absolute atomic E-state index is 0.0407. The third-order valence-electron chi connectivity index (χ3n) is 4.53. The zero-order valence-electron chi connectivity index (χ0n) is 12.4. The van der Waals surface area contributed by atoms with Gasteiger partial charge in [-0.15, -0.1) is 0 Å². The number of halogens is 1. The van der Waals surface area contributed by atoms with Crippen molar-refractivity contribution in [2.75, 3.05) is 19.6 Å². The second-order valence-electron chi connectivity index (χ2n) is 5.97. The Labute approximate surface area is 133 Å². The average molecular weight is 319 g/mol. The lowest BCUT2D eigenvalue weighted by molar-refractivity contribution is -0.116. The fourth-order valence-electron chi connectivity index (χ4n) is 3.30. The summed E-state index contributed by atoms with van der Waals surface area (Å²) in [6, 6.07) is 3.58. The highest BCUT2D eigenvalue weighted by molar-refractivity contribution is 5.91. The molecule has 1 aromatic heterocycles. The molecule has 1 saturated heterocycles. The number of piperidine rings is 1. The molecule has 0 bridgehead atoms. The van der Waals surface area contributed by atoms with Crippen LogP contribution in [0.3, 0.4) is 0 Å². The summed E-state index contributed by atoms with van der Waals surface area (Å²) in [6.45, 7) is 0.765. The lowest BCUT2D eigenvalue weighted by Gasteiger charge is -2.17. The third-order valence-corrected chi connectivity index (χ3v) is 4.53. The zero-order chi connectivity index (χ0) is 16.4. The van der Waals surface area contributed by atoms with Crippen molar-refractivity contribution in [3.8, 4) is 0 Å². The number of pyridine rings is 1. The molecule has 6 nitrogen and oxygen atoms in total. The quantitative estimate of drug-likeness (QED) is 0.804. The number of carbonyl (C=O) groups excluding carboxylic acids is 1. The number of hydrogen-bond donors (Lipinski definition) is 2. The highest BCUT2D eigenvalue weighted by Gasteiger charge is 2.59. The summed E-state index contributed by atoms with van der Waals surface area (Å²) in [5.41, 5.74) is 0.796. The van der Waals surface area contributed by atoms with Crippen LogP contribution in [0.2, 0.25) is 0 Å². The molecule has 7 heteroatoms. The van der Waals surface area contributed by atoms with Crippen LogP contribution >= 0.6 is 0 Å². The second-order valence-corrected chi connectivity index (χ2v) is 5.97. The largest absolute Gasteiger partial charge is 0.465 e. The first-order valence-electron chi connectivity index (χ1n) is 7.54. The van der Waals surface area contributed by atoms with Gasteiger partial charge in [0, 0.05) is 44.0 Å². The van der Waals surface area contributed by atoms with E-state index in [4.69, 9.17) is 5.11 Å². The molecule has 1 aliphatic carbocycles. The van der Waals surface area contributed by atoms with E-state index >= 15 is 0 Å². The zero-order valence-corrected chi connectivity index (χ0v) is 12.4. The number of amides is 2. The molecule has 3 rings (SSSR count). The maximum atomic E-state index is 14.1. The Morgan fingerprint density at radius 1 is 1.48 bits per heavy atom. The topological polar surface area (TPSA) is 82.5 Å². The number of nitrogens with one attached hydrogen (secondary N) is 1. The summed E-state index contributed by atoms with van der Waals surface area (Å²) in [5, 5.41) is 11.4. The second kappa shape index (κ2) is 6.36. The molecule has 2 heterocycles. The van der Waals surface area contributed by atoms with Gasteiger partial charge in [0.25, 0.3) is 0 Å². The number of carboxylic acid groups (broad SMARTS) is 1. The average Bonchev–Trinajstić information content (AvgIpc) is 3.05. The molecular formula is C16H18FN3O3. The molecule has 2 aliphatic rings. The van der Waals surface area contributed by atoms with Crippen LogP contribution in [0.15, 0.2) is 30.6 Å². The van der Waals surface area contributed by atoms with Gasteiger partial charge in [-0.05, 0) is 29.5 Å². The van der Waals surface area contributed by atoms with Crippen molar-refractivity contribution in [1.29, 1.82) is 0 Å². The molecule has 0 radical (unpaired) electrons. The maximum Gasteiger partial charge on any atom is 0.407 e. The molecular weight excluding hydrogens is 301 g/mol. The van der Waals surface area contributed by atoms with Crippen LogP contribution in [0.4, 0.5) is 9.18 Å². The summed E-state index contributed by atoms with van der Waals surface area (Å²) in [6.07, 6.45) is 4.16. The monoisotopic (exact) mass is 319 g/mol. The Morgan fingerprint density at radius 2 is 2.22 bits per heavy atom. The van der Waals surface area contributed by atoms with E-state index in [1.54, 1.807) is 24.5 Å². The van der Waals surface area contributed by atoms with Crippen LogP contribution in [0.5, 0.6) is 0 Å². The Balaban J connectivity index is 1.41. The van der Waals surface area contributed by atoms with Crippen molar-refractivity contribution >= 4 is 18.1 Å². The highest BCUT2D eigenvalue weighted by Crippen LogP contribution is 2.54. The van der Waals surface area contributed by atoms with Gasteiger partial charge in [-0.25, -0.2) is 9.18 Å². The van der Waals surface area contributed by atoms with Crippen LogP contribution in [0, 0.1) is 17.8 Å². The van der Waals surface area contributed by atoms with Crippen molar-refractivity contribution < 1.29 is 19.1 Å². The number of fused-ring (bicyclic) bond motifs is 1. The molecule has 1 saturated carbocycles. The molecule has 3 atom stereocenters. The third kappa shape index (κ3) is 3.49. The summed E-state index contributed by atoms with van der Waals surface area (Å²) in [5.74, 6) is -0.282. The predicted molar refractivity (Wildman–Crippen MR) is 81.2 cm³/mol. The number of hydrogen-bond acceptors (Lipinski definition) is 3. The normalized spacial score (nSPS) is 26.8. The summed E-state index contributed by atoms with van der Waals surface area (Å²) in [4.78, 5) is 27.7. The number of alkyl halides is 1. The van der Waals surface area contributed by atoms with Gasteiger partial charge in [-0.3, -0.25) is 9.78 Å². The van der Waals surface area contributed by atoms with E-state index in [0.29, 0.717) is 13.1 Å². The first-order chi connectivity index (χ1) is 11.1. The van der Waals surface area contributed by atoms with Gasteiger partial charge in [-0.1, -0.05) is 6.07 Å². The molecule has 3 unspecified atom stereocenters. The highest BCUT2D eigenvalue weighted by atomic mass is 19.1. The van der Waals surface area contributed by atoms with Crippen LogP contribution in [0.25, 0.3) is 6.08 Å². The fourth-order valence-corrected chi connectivity index (χ4v) is 3.30. The number of likely N-dealkylation sites (tertiary alicyclic amines) is 1. The number of rotatable bonds is 5. The number of aromatic nitrogens is 1. The van der Waals surface area contributed by atoms with E-state index in [9.17, 15) is 14.0 Å². The molecule has 1 aliphatic heterocycles. The van der Waals surface area contributed by atoms with Crippen LogP contribution < -0.4 is 5.32 Å². The predicted octanol–water partition coefficient (Wildman–Crippen LogP) is 1.40. The van der Waals surface area contributed by atoms with Crippen molar-refractivity contribution in [1.82, 2.24) is 15.2 Å². The van der Waals surface area contributed by atoms with Gasteiger partial charge in [0.05, 0.1) is 0 Å². The molecule has 2 amide bonds. The van der Waals surface area contributed by atoms with E-state index in [-0.39, 0.29) is 30.2 Å². The smallest absolute Gasteiger partial charge is 0.407 e. The van der Waals surface area contributed by atoms with Gasteiger partial charge in [-0.2, -0.15) is 0 Å². The molecule has 2 fully saturated rings. The van der Waals surface area contributed by atoms with Gasteiger partial charge in [0.2, 0.25) is 5.91 Å². The Hall–Kier alpha value is -2.44. The van der Waals surface area contributed by atoms with E-state index in [2.05, 4.69) is 10.3 Å². The van der Waals surface area contributed by atoms with Crippen LogP contribution in [-0.4, -0.2) is 52.8 Å². The van der Waals surface area contributed by atoms with Gasteiger partial charge in [0.1, 0.15) is 6.17 Å². The van der Waals surface area contributed by atoms with Crippen LogP contribution in [-0.2, 0) is 4.79 Å². The lowest BCUT2D eigenvalue weighted by Crippen LogP contribution is -2.35. The van der Waals surface area contributed by atoms with E-state index in [1.165, 1.54) is 11.0 Å². The Bertz CT molecular complexity index is 610. The summed E-state index contributed by atoms with van der Waals surface area (Å²) in [7, 11) is 0. The van der Waals surface area contributed by atoms with Crippen molar-refractivity contribution in [3.05, 3.63) is 36.2 Å². The van der Waals surface area contributed by atoms with E-state index in [1.807, 2.05) is 6.07 Å². The SMILES string of the molecule is O=C(/C=C/c1cccnc1)NCC(F)C1C2CN(C(=O)O)CC21. The minimum Gasteiger partial charge on any atom is -0.465 e. The van der Waals surface area contributed by atoms with Gasteiger partial charge >= 0.3 is 6.09 Å². The van der Waals surface area contributed by atoms with E-state index in [0.717, 1.165) is 5.56 Å². The Kier molecular flexibility index (Phi) is 4.27. The van der Waals surface area contributed by atoms with Crippen molar-refractivity contribution in [2.45, 2.75) is 6.17 Å². The number of carbonyl (C=O) groups is 2. The minimum atomic E-state index is -1.13. The number of nitrogens with zero attached hydrogens (tertiary/aromatic N) is 2. The summed E-state index contributed by atoms with van der Waals surface area (Å²) >= 11 is 0. The standard InChI is InChI=1S/C16H18FN3O3/c17-13(15-11-8-20(16(22)23)9-12(11)15)7-19-14(21)4-3-10-2-1-5-18-6-10/h1-6,11-13,15H,7-9H2,(H,19,21)(H,22,23)/b4-3+. The maximum absolute atomic E-state index is 14.1. The van der Waals surface area contributed by atoms with Crippen molar-refractivity contribution in [2.24, 2.45) is 17.8 Å². The van der Waals surface area contributed by atoms with E-state index < -0.39 is 12.3 Å². The molecule has 23 heavy (non-hydrogen) atoms. The fraction of sp³-hybridized carbons (Fsp3) is 0.438. The molecule has 0 aromatic carbocycles. The molecule has 2 N–H and O–H groups in total. The Morgan fingerprint density at radius 3 is 2.83 bits per heavy atom. The van der Waals surface area contributed by atoms with Gasteiger partial charge < -0.3 is 15.3 Å². The molecule has 1 aromatic rings. The lowest BCUT2D eigenvalue weighted by atomic mass is 10.1. The first-order valence-corrected chi connectivity index (χ1v) is 7.54. The molecule has 0 spiro atoms. The van der Waals surface area contributed by atoms with Crippen molar-refractivity contribution in [3.63, 3.8) is 0 Å². The molecule has 122 valence electrons. The van der Waals surface area contributed by atoms with Crippen LogP contribution in [0.1, 0.15) is 5.56 Å². The first kappa shape index (κ1) is 15.5.